The van der Waals surface area contributed by atoms with E-state index in [1.165, 1.54) is 16.8 Å². The standard InChI is InChI=1S/C16H17ClFN3O2/c1-10-14(16(22)19-9-13-3-2-8-23-13)15(17)21(20-10)12-6-4-11(18)5-7-12/h4-7,13H,2-3,8-9H2,1H3,(H,19,22)/t13-/m1/s1. The second-order valence-electron chi connectivity index (χ2n) is 5.48. The van der Waals surface area contributed by atoms with Crippen LogP contribution in [0.3, 0.4) is 0 Å². The summed E-state index contributed by atoms with van der Waals surface area (Å²) < 4.78 is 19.9. The van der Waals surface area contributed by atoms with Crippen molar-refractivity contribution in [3.63, 3.8) is 0 Å². The van der Waals surface area contributed by atoms with Crippen LogP contribution in [0.4, 0.5) is 4.39 Å². The molecule has 5 nitrogen and oxygen atoms in total. The minimum Gasteiger partial charge on any atom is -0.376 e. The molecule has 0 spiro atoms. The van der Waals surface area contributed by atoms with Crippen LogP contribution in [-0.2, 0) is 4.74 Å². The van der Waals surface area contributed by atoms with Crippen molar-refractivity contribution in [2.45, 2.75) is 25.9 Å². The van der Waals surface area contributed by atoms with Gasteiger partial charge in [-0.1, -0.05) is 11.6 Å². The van der Waals surface area contributed by atoms with E-state index in [9.17, 15) is 9.18 Å². The number of hydrogen-bond donors (Lipinski definition) is 1. The molecule has 122 valence electrons. The van der Waals surface area contributed by atoms with Crippen molar-refractivity contribution in [3.05, 3.63) is 46.5 Å². The van der Waals surface area contributed by atoms with Crippen molar-refractivity contribution in [2.75, 3.05) is 13.2 Å². The summed E-state index contributed by atoms with van der Waals surface area (Å²) in [6.45, 7) is 2.91. The quantitative estimate of drug-likeness (QED) is 0.933. The predicted molar refractivity (Wildman–Crippen MR) is 84.6 cm³/mol. The van der Waals surface area contributed by atoms with Crippen LogP contribution in [0.5, 0.6) is 0 Å². The van der Waals surface area contributed by atoms with Crippen molar-refractivity contribution in [2.24, 2.45) is 0 Å². The second kappa shape index (κ2) is 6.68. The lowest BCUT2D eigenvalue weighted by atomic mass is 10.2. The lowest BCUT2D eigenvalue weighted by molar-refractivity contribution is 0.0857. The second-order valence-corrected chi connectivity index (χ2v) is 5.84. The van der Waals surface area contributed by atoms with Gasteiger partial charge in [0.15, 0.2) is 0 Å². The van der Waals surface area contributed by atoms with Crippen molar-refractivity contribution in [1.29, 1.82) is 0 Å². The number of nitrogens with zero attached hydrogens (tertiary/aromatic N) is 2. The fourth-order valence-electron chi connectivity index (χ4n) is 2.61. The molecule has 3 rings (SSSR count). The van der Waals surface area contributed by atoms with Crippen LogP contribution in [0.1, 0.15) is 28.9 Å². The van der Waals surface area contributed by atoms with E-state index in [-0.39, 0.29) is 23.0 Å². The molecule has 23 heavy (non-hydrogen) atoms. The van der Waals surface area contributed by atoms with Gasteiger partial charge in [-0.3, -0.25) is 4.79 Å². The zero-order valence-electron chi connectivity index (χ0n) is 12.7. The molecule has 0 saturated carbocycles. The molecular formula is C16H17ClFN3O2. The first-order valence-electron chi connectivity index (χ1n) is 7.47. The van der Waals surface area contributed by atoms with Crippen molar-refractivity contribution in [1.82, 2.24) is 15.1 Å². The van der Waals surface area contributed by atoms with E-state index in [1.54, 1.807) is 19.1 Å². The Kier molecular flexibility index (Phi) is 4.63. The van der Waals surface area contributed by atoms with Gasteiger partial charge in [-0.2, -0.15) is 5.10 Å². The lowest BCUT2D eigenvalue weighted by Gasteiger charge is -2.10. The number of aryl methyl sites for hydroxylation is 1. The van der Waals surface area contributed by atoms with Crippen LogP contribution in [0, 0.1) is 12.7 Å². The molecule has 0 unspecified atom stereocenters. The van der Waals surface area contributed by atoms with Gasteiger partial charge in [0, 0.05) is 13.2 Å². The first-order valence-corrected chi connectivity index (χ1v) is 7.85. The number of carbonyl (C=O) groups is 1. The van der Waals surface area contributed by atoms with E-state index in [4.69, 9.17) is 16.3 Å². The predicted octanol–water partition coefficient (Wildman–Crippen LogP) is 2.88. The van der Waals surface area contributed by atoms with Crippen LogP contribution in [0.2, 0.25) is 5.15 Å². The van der Waals surface area contributed by atoms with Gasteiger partial charge >= 0.3 is 0 Å². The number of aromatic nitrogens is 2. The summed E-state index contributed by atoms with van der Waals surface area (Å²) in [6.07, 6.45) is 2.02. The average Bonchev–Trinajstić information content (AvgIpc) is 3.14. The molecular weight excluding hydrogens is 321 g/mol. The van der Waals surface area contributed by atoms with E-state index in [0.717, 1.165) is 19.4 Å². The number of ether oxygens (including phenoxy) is 1. The van der Waals surface area contributed by atoms with Crippen LogP contribution in [-0.4, -0.2) is 34.9 Å². The zero-order chi connectivity index (χ0) is 16.4. The van der Waals surface area contributed by atoms with Gasteiger partial charge in [0.05, 0.1) is 23.0 Å². The number of hydrogen-bond acceptors (Lipinski definition) is 3. The molecule has 7 heteroatoms. The van der Waals surface area contributed by atoms with Gasteiger partial charge in [-0.25, -0.2) is 9.07 Å². The summed E-state index contributed by atoms with van der Waals surface area (Å²) in [7, 11) is 0. The summed E-state index contributed by atoms with van der Waals surface area (Å²) in [5, 5.41) is 7.32. The average molecular weight is 338 g/mol. The molecule has 1 fully saturated rings. The van der Waals surface area contributed by atoms with E-state index >= 15 is 0 Å². The molecule has 0 aliphatic carbocycles. The zero-order valence-corrected chi connectivity index (χ0v) is 13.4. The number of nitrogens with one attached hydrogen (secondary N) is 1. The van der Waals surface area contributed by atoms with Gasteiger partial charge < -0.3 is 10.1 Å². The SMILES string of the molecule is Cc1nn(-c2ccc(F)cc2)c(Cl)c1C(=O)NC[C@H]1CCCO1. The highest BCUT2D eigenvalue weighted by atomic mass is 35.5. The van der Waals surface area contributed by atoms with Crippen molar-refractivity contribution in [3.8, 4) is 5.69 Å². The van der Waals surface area contributed by atoms with Crippen LogP contribution in [0.25, 0.3) is 5.69 Å². The smallest absolute Gasteiger partial charge is 0.256 e. The molecule has 1 atom stereocenters. The first-order chi connectivity index (χ1) is 11.1. The number of rotatable bonds is 4. The van der Waals surface area contributed by atoms with Crippen molar-refractivity contribution >= 4 is 17.5 Å². The van der Waals surface area contributed by atoms with E-state index in [2.05, 4.69) is 10.4 Å². The van der Waals surface area contributed by atoms with Gasteiger partial charge in [0.25, 0.3) is 5.91 Å². The lowest BCUT2D eigenvalue weighted by Crippen LogP contribution is -2.32. The highest BCUT2D eigenvalue weighted by Crippen LogP contribution is 2.23. The van der Waals surface area contributed by atoms with E-state index in [0.29, 0.717) is 23.5 Å². The third kappa shape index (κ3) is 3.38. The Labute approximate surface area is 138 Å². The minimum absolute atomic E-state index is 0.0603. The Bertz CT molecular complexity index is 709. The molecule has 1 N–H and O–H groups in total. The Morgan fingerprint density at radius 1 is 1.48 bits per heavy atom. The molecule has 1 aromatic carbocycles. The number of amides is 1. The molecule has 1 aliphatic rings. The van der Waals surface area contributed by atoms with Crippen molar-refractivity contribution < 1.29 is 13.9 Å². The Morgan fingerprint density at radius 3 is 2.87 bits per heavy atom. The summed E-state index contributed by atoms with van der Waals surface area (Å²) >= 11 is 6.31. The van der Waals surface area contributed by atoms with Gasteiger partial charge in [-0.15, -0.1) is 0 Å². The topological polar surface area (TPSA) is 56.2 Å². The fourth-order valence-corrected chi connectivity index (χ4v) is 2.97. The maximum absolute atomic E-state index is 13.0. The Morgan fingerprint density at radius 2 is 2.22 bits per heavy atom. The fraction of sp³-hybridized carbons (Fsp3) is 0.375. The molecule has 1 amide bonds. The molecule has 0 bridgehead atoms. The van der Waals surface area contributed by atoms with E-state index < -0.39 is 0 Å². The first kappa shape index (κ1) is 16.0. The normalized spacial score (nSPS) is 17.4. The summed E-state index contributed by atoms with van der Waals surface area (Å²) in [5.74, 6) is -0.625. The molecule has 0 radical (unpaired) electrons. The van der Waals surface area contributed by atoms with Gasteiger partial charge in [0.2, 0.25) is 0 Å². The molecule has 1 aliphatic heterocycles. The van der Waals surface area contributed by atoms with Crippen LogP contribution in [0.15, 0.2) is 24.3 Å². The number of carbonyl (C=O) groups excluding carboxylic acids is 1. The molecule has 1 saturated heterocycles. The van der Waals surface area contributed by atoms with Gasteiger partial charge in [0.1, 0.15) is 11.0 Å². The highest BCUT2D eigenvalue weighted by molar-refractivity contribution is 6.33. The van der Waals surface area contributed by atoms with Gasteiger partial charge in [-0.05, 0) is 44.0 Å². The molecule has 2 heterocycles. The third-order valence-electron chi connectivity index (χ3n) is 3.82. The maximum atomic E-state index is 13.0. The summed E-state index contributed by atoms with van der Waals surface area (Å²) in [5.41, 5.74) is 1.44. The monoisotopic (exact) mass is 337 g/mol. The number of halogens is 2. The van der Waals surface area contributed by atoms with Crippen LogP contribution >= 0.6 is 11.6 Å². The summed E-state index contributed by atoms with van der Waals surface area (Å²) in [6, 6.07) is 5.75. The maximum Gasteiger partial charge on any atom is 0.256 e. The van der Waals surface area contributed by atoms with Crippen LogP contribution < -0.4 is 5.32 Å². The highest BCUT2D eigenvalue weighted by Gasteiger charge is 2.23. The molecule has 1 aromatic heterocycles. The largest absolute Gasteiger partial charge is 0.376 e. The summed E-state index contributed by atoms with van der Waals surface area (Å²) in [4.78, 5) is 12.4. The third-order valence-corrected chi connectivity index (χ3v) is 4.17. The Balaban J connectivity index is 1.79. The number of benzene rings is 1. The minimum atomic E-state index is -0.344. The van der Waals surface area contributed by atoms with E-state index in [1.807, 2.05) is 0 Å². The molecule has 2 aromatic rings. The Hall–Kier alpha value is -1.92.